The second-order valence-electron chi connectivity index (χ2n) is 5.63. The average Bonchev–Trinajstić information content (AvgIpc) is 2.28. The Balaban J connectivity index is 3.24. The predicted molar refractivity (Wildman–Crippen MR) is 74.9 cm³/mol. The maximum Gasteiger partial charge on any atom is 0.234 e. The zero-order chi connectivity index (χ0) is 14.8. The second-order valence-corrected chi connectivity index (χ2v) is 5.63. The summed E-state index contributed by atoms with van der Waals surface area (Å²) in [5, 5.41) is 9.26. The van der Waals surface area contributed by atoms with Crippen LogP contribution in [-0.4, -0.2) is 27.5 Å². The maximum absolute atomic E-state index is 12.4. The van der Waals surface area contributed by atoms with Gasteiger partial charge in [0.1, 0.15) is 0 Å². The Labute approximate surface area is 114 Å². The lowest BCUT2D eigenvalue weighted by Crippen LogP contribution is -2.40. The predicted octanol–water partition coefficient (Wildman–Crippen LogP) is 1.98. The fourth-order valence-electron chi connectivity index (χ4n) is 1.85. The first-order valence-corrected chi connectivity index (χ1v) is 6.49. The van der Waals surface area contributed by atoms with Crippen molar-refractivity contribution in [3.63, 3.8) is 0 Å². The van der Waals surface area contributed by atoms with Gasteiger partial charge in [-0.15, -0.1) is 0 Å². The monoisotopic (exact) mass is 265 g/mol. The van der Waals surface area contributed by atoms with Crippen molar-refractivity contribution in [3.8, 4) is 0 Å². The van der Waals surface area contributed by atoms with Crippen LogP contribution in [0.2, 0.25) is 0 Å². The molecule has 5 nitrogen and oxygen atoms in total. The first kappa shape index (κ1) is 15.6. The summed E-state index contributed by atoms with van der Waals surface area (Å²) in [7, 11) is 0. The van der Waals surface area contributed by atoms with Crippen LogP contribution in [0, 0.1) is 19.3 Å². The minimum Gasteiger partial charge on any atom is -0.392 e. The van der Waals surface area contributed by atoms with Crippen molar-refractivity contribution in [3.05, 3.63) is 17.0 Å². The van der Waals surface area contributed by atoms with E-state index in [1.807, 2.05) is 41.5 Å². The highest BCUT2D eigenvalue weighted by Gasteiger charge is 2.29. The van der Waals surface area contributed by atoms with Gasteiger partial charge in [0.25, 0.3) is 0 Å². The van der Waals surface area contributed by atoms with Gasteiger partial charge in [0, 0.05) is 28.9 Å². The Hall–Kier alpha value is -1.49. The summed E-state index contributed by atoms with van der Waals surface area (Å²) in [4.78, 5) is 22.6. The molecule has 1 rings (SSSR count). The van der Waals surface area contributed by atoms with Crippen molar-refractivity contribution in [1.29, 1.82) is 0 Å². The Morgan fingerprint density at radius 2 is 1.68 bits per heavy atom. The van der Waals surface area contributed by atoms with E-state index in [1.165, 1.54) is 0 Å². The number of aromatic nitrogens is 2. The zero-order valence-corrected chi connectivity index (χ0v) is 12.6. The molecule has 0 aliphatic rings. The summed E-state index contributed by atoms with van der Waals surface area (Å²) in [6.45, 7) is 11.6. The fourth-order valence-corrected chi connectivity index (χ4v) is 1.85. The molecule has 1 aromatic rings. The molecule has 1 amide bonds. The average molecular weight is 265 g/mol. The molecule has 1 heterocycles. The van der Waals surface area contributed by atoms with Crippen LogP contribution in [0.4, 0.5) is 5.95 Å². The summed E-state index contributed by atoms with van der Waals surface area (Å²) in [6, 6.07) is 0. The topological polar surface area (TPSA) is 66.3 Å². The number of amides is 1. The molecule has 5 heteroatoms. The normalized spacial score (nSPS) is 11.5. The number of carbonyl (C=O) groups is 1. The number of nitrogens with zero attached hydrogens (tertiary/aromatic N) is 3. The van der Waals surface area contributed by atoms with Crippen LogP contribution < -0.4 is 4.90 Å². The number of carbonyl (C=O) groups excluding carboxylic acids is 1. The minimum atomic E-state index is -0.475. The molecule has 0 fully saturated rings. The third-order valence-corrected chi connectivity index (χ3v) is 3.01. The Morgan fingerprint density at radius 1 is 1.21 bits per heavy atom. The highest BCUT2D eigenvalue weighted by Crippen LogP contribution is 2.22. The lowest BCUT2D eigenvalue weighted by atomic mass is 9.95. The molecule has 0 radical (unpaired) electrons. The molecule has 19 heavy (non-hydrogen) atoms. The number of aliphatic hydroxyl groups is 1. The number of anilines is 1. The van der Waals surface area contributed by atoms with Crippen LogP contribution in [-0.2, 0) is 11.4 Å². The highest BCUT2D eigenvalue weighted by molar-refractivity contribution is 5.95. The molecule has 1 aromatic heterocycles. The molecule has 0 unspecified atom stereocenters. The van der Waals surface area contributed by atoms with E-state index in [0.29, 0.717) is 23.9 Å². The number of hydrogen-bond acceptors (Lipinski definition) is 4. The van der Waals surface area contributed by atoms with Gasteiger partial charge < -0.3 is 5.11 Å². The third-order valence-electron chi connectivity index (χ3n) is 3.01. The molecule has 106 valence electrons. The lowest BCUT2D eigenvalue weighted by molar-refractivity contribution is -0.125. The van der Waals surface area contributed by atoms with E-state index in [1.54, 1.807) is 4.90 Å². The summed E-state index contributed by atoms with van der Waals surface area (Å²) in [5.74, 6) is 0.403. The van der Waals surface area contributed by atoms with Crippen molar-refractivity contribution in [2.45, 2.75) is 48.1 Å². The van der Waals surface area contributed by atoms with E-state index in [9.17, 15) is 9.90 Å². The number of aryl methyl sites for hydroxylation is 2. The van der Waals surface area contributed by atoms with Gasteiger partial charge in [0.05, 0.1) is 6.61 Å². The summed E-state index contributed by atoms with van der Waals surface area (Å²) in [6.07, 6.45) is 0. The van der Waals surface area contributed by atoms with Gasteiger partial charge in [-0.05, 0) is 20.8 Å². The quantitative estimate of drug-likeness (QED) is 0.907. The van der Waals surface area contributed by atoms with E-state index in [2.05, 4.69) is 9.97 Å². The molecular weight excluding hydrogens is 242 g/mol. The molecule has 0 bridgehead atoms. The highest BCUT2D eigenvalue weighted by atomic mass is 16.3. The molecule has 0 aromatic carbocycles. The van der Waals surface area contributed by atoms with Crippen LogP contribution in [0.1, 0.15) is 44.6 Å². The molecule has 1 N–H and O–H groups in total. The molecule has 0 saturated heterocycles. The fraction of sp³-hybridized carbons (Fsp3) is 0.643. The smallest absolute Gasteiger partial charge is 0.234 e. The van der Waals surface area contributed by atoms with Crippen molar-refractivity contribution in [2.75, 3.05) is 11.4 Å². The van der Waals surface area contributed by atoms with Gasteiger partial charge in [-0.25, -0.2) is 9.97 Å². The van der Waals surface area contributed by atoms with Crippen LogP contribution >= 0.6 is 0 Å². The van der Waals surface area contributed by atoms with Crippen molar-refractivity contribution < 1.29 is 9.90 Å². The maximum atomic E-state index is 12.4. The van der Waals surface area contributed by atoms with E-state index >= 15 is 0 Å². The first-order chi connectivity index (χ1) is 8.72. The van der Waals surface area contributed by atoms with Crippen molar-refractivity contribution in [2.24, 2.45) is 5.41 Å². The second kappa shape index (κ2) is 5.65. The van der Waals surface area contributed by atoms with Gasteiger partial charge in [-0.1, -0.05) is 20.8 Å². The van der Waals surface area contributed by atoms with Gasteiger partial charge in [-0.2, -0.15) is 0 Å². The van der Waals surface area contributed by atoms with E-state index in [4.69, 9.17) is 0 Å². The van der Waals surface area contributed by atoms with E-state index < -0.39 is 5.41 Å². The standard InChI is InChI=1S/C14H23N3O2/c1-7-17(12(19)14(4,5)6)13-15-9(2)11(8-18)10(3)16-13/h18H,7-8H2,1-6H3. The summed E-state index contributed by atoms with van der Waals surface area (Å²) < 4.78 is 0. The molecule has 0 aliphatic heterocycles. The van der Waals surface area contributed by atoms with E-state index in [-0.39, 0.29) is 12.5 Å². The molecule has 0 spiro atoms. The van der Waals surface area contributed by atoms with Crippen LogP contribution in [0.3, 0.4) is 0 Å². The van der Waals surface area contributed by atoms with Crippen LogP contribution in [0.5, 0.6) is 0 Å². The van der Waals surface area contributed by atoms with Crippen molar-refractivity contribution in [1.82, 2.24) is 9.97 Å². The molecule has 0 saturated carbocycles. The SMILES string of the molecule is CCN(C(=O)C(C)(C)C)c1nc(C)c(CO)c(C)n1. The number of aliphatic hydroxyl groups excluding tert-OH is 1. The molecular formula is C14H23N3O2. The van der Waals surface area contributed by atoms with Crippen molar-refractivity contribution >= 4 is 11.9 Å². The lowest BCUT2D eigenvalue weighted by Gasteiger charge is -2.27. The van der Waals surface area contributed by atoms with Crippen LogP contribution in [0.15, 0.2) is 0 Å². The van der Waals surface area contributed by atoms with Gasteiger partial charge in [-0.3, -0.25) is 9.69 Å². The Kier molecular flexibility index (Phi) is 4.63. The molecule has 0 aliphatic carbocycles. The molecule has 0 atom stereocenters. The summed E-state index contributed by atoms with van der Waals surface area (Å²) in [5.41, 5.74) is 1.68. The van der Waals surface area contributed by atoms with Gasteiger partial charge in [0.2, 0.25) is 11.9 Å². The Morgan fingerprint density at radius 3 is 2.00 bits per heavy atom. The Bertz CT molecular complexity index is 455. The van der Waals surface area contributed by atoms with Gasteiger partial charge >= 0.3 is 0 Å². The third kappa shape index (κ3) is 3.29. The van der Waals surface area contributed by atoms with Crippen LogP contribution in [0.25, 0.3) is 0 Å². The first-order valence-electron chi connectivity index (χ1n) is 6.49. The number of rotatable bonds is 3. The zero-order valence-electron chi connectivity index (χ0n) is 12.6. The minimum absolute atomic E-state index is 0.00875. The largest absolute Gasteiger partial charge is 0.392 e. The van der Waals surface area contributed by atoms with E-state index in [0.717, 1.165) is 5.56 Å². The number of hydrogen-bond donors (Lipinski definition) is 1. The van der Waals surface area contributed by atoms with Gasteiger partial charge in [0.15, 0.2) is 0 Å². The summed E-state index contributed by atoms with van der Waals surface area (Å²) >= 11 is 0.